The monoisotopic (exact) mass is 390 g/mol. The van der Waals surface area contributed by atoms with Crippen molar-refractivity contribution in [1.82, 2.24) is 9.62 Å². The summed E-state index contributed by atoms with van der Waals surface area (Å²) in [6.45, 7) is 3.78. The van der Waals surface area contributed by atoms with Crippen molar-refractivity contribution >= 4 is 21.9 Å². The van der Waals surface area contributed by atoms with Gasteiger partial charge in [-0.05, 0) is 54.8 Å². The first kappa shape index (κ1) is 20.6. The van der Waals surface area contributed by atoms with Crippen LogP contribution in [0.1, 0.15) is 33.1 Å². The van der Waals surface area contributed by atoms with E-state index >= 15 is 0 Å². The molecule has 27 heavy (non-hydrogen) atoms. The molecule has 0 aromatic heterocycles. The highest BCUT2D eigenvalue weighted by Gasteiger charge is 2.24. The maximum atomic E-state index is 12.4. The summed E-state index contributed by atoms with van der Waals surface area (Å²) in [6, 6.07) is 9.31. The number of hydrogen-bond donors (Lipinski definition) is 2. The zero-order valence-corrected chi connectivity index (χ0v) is 16.4. The summed E-state index contributed by atoms with van der Waals surface area (Å²) in [5, 5.41) is 12.0. The zero-order chi connectivity index (χ0) is 20.4. The number of carbonyl (C=O) groups is 2. The van der Waals surface area contributed by atoms with Gasteiger partial charge in [-0.1, -0.05) is 18.2 Å². The van der Waals surface area contributed by atoms with Crippen LogP contribution >= 0.6 is 0 Å². The van der Waals surface area contributed by atoms with Gasteiger partial charge in [-0.25, -0.2) is 17.5 Å². The summed E-state index contributed by atoms with van der Waals surface area (Å²) in [4.78, 5) is 24.1. The Bertz CT molecular complexity index is 966. The average molecular weight is 390 g/mol. The molecule has 0 spiro atoms. The van der Waals surface area contributed by atoms with E-state index in [9.17, 15) is 23.1 Å². The highest BCUT2D eigenvalue weighted by atomic mass is 32.2. The van der Waals surface area contributed by atoms with E-state index in [-0.39, 0.29) is 10.5 Å². The number of hydrogen-bond acceptors (Lipinski definition) is 4. The number of aliphatic carboxylic acids is 1. The van der Waals surface area contributed by atoms with Crippen LogP contribution < -0.4 is 5.32 Å². The molecule has 0 radical (unpaired) electrons. The van der Waals surface area contributed by atoms with Crippen molar-refractivity contribution in [3.63, 3.8) is 0 Å². The molecule has 0 bridgehead atoms. The molecular weight excluding hydrogens is 368 g/mol. The van der Waals surface area contributed by atoms with Gasteiger partial charge in [0.15, 0.2) is 6.04 Å². The van der Waals surface area contributed by atoms with E-state index in [1.165, 1.54) is 38.4 Å². The van der Waals surface area contributed by atoms with Crippen LogP contribution in [0.2, 0.25) is 0 Å². The summed E-state index contributed by atoms with van der Waals surface area (Å²) in [6.07, 6.45) is 0. The van der Waals surface area contributed by atoms with Crippen LogP contribution in [0.4, 0.5) is 0 Å². The number of carbonyl (C=O) groups excluding carboxylic acids is 1. The predicted octanol–water partition coefficient (Wildman–Crippen LogP) is 2.11. The van der Waals surface area contributed by atoms with E-state index in [1.807, 2.05) is 13.8 Å². The quantitative estimate of drug-likeness (QED) is 0.786. The number of carboxylic acid groups (broad SMARTS) is 1. The summed E-state index contributed by atoms with van der Waals surface area (Å²) in [5.41, 5.74) is 2.58. The second kappa shape index (κ2) is 7.89. The van der Waals surface area contributed by atoms with E-state index in [2.05, 4.69) is 5.32 Å². The molecule has 0 saturated heterocycles. The fraction of sp³-hybridized carbons (Fsp3) is 0.263. The first-order valence-electron chi connectivity index (χ1n) is 8.17. The number of nitrogens with zero attached hydrogens (tertiary/aromatic N) is 1. The van der Waals surface area contributed by atoms with E-state index in [4.69, 9.17) is 0 Å². The number of carboxylic acids is 1. The van der Waals surface area contributed by atoms with Gasteiger partial charge >= 0.3 is 5.97 Å². The molecular formula is C19H22N2O5S. The highest BCUT2D eigenvalue weighted by Crippen LogP contribution is 2.19. The van der Waals surface area contributed by atoms with Gasteiger partial charge in [0.25, 0.3) is 5.91 Å². The van der Waals surface area contributed by atoms with Crippen molar-refractivity contribution < 1.29 is 23.1 Å². The van der Waals surface area contributed by atoms with Gasteiger partial charge < -0.3 is 10.4 Å². The summed E-state index contributed by atoms with van der Waals surface area (Å²) < 4.78 is 25.2. The van der Waals surface area contributed by atoms with Crippen molar-refractivity contribution in [1.29, 1.82) is 0 Å². The van der Waals surface area contributed by atoms with Crippen molar-refractivity contribution in [2.24, 2.45) is 0 Å². The molecule has 1 atom stereocenters. The lowest BCUT2D eigenvalue weighted by Crippen LogP contribution is -2.33. The predicted molar refractivity (Wildman–Crippen MR) is 101 cm³/mol. The molecule has 0 fully saturated rings. The van der Waals surface area contributed by atoms with Crippen LogP contribution in [0.15, 0.2) is 47.4 Å². The molecule has 2 N–H and O–H groups in total. The van der Waals surface area contributed by atoms with Crippen molar-refractivity contribution in [3.05, 3.63) is 64.7 Å². The Kier molecular flexibility index (Phi) is 6.02. The lowest BCUT2D eigenvalue weighted by atomic mass is 10.0. The standard InChI is InChI=1S/C19H22N2O5S/c1-12-5-6-15(11-13(12)2)17(19(23)24)20-18(22)14-7-9-16(10-8-14)27(25,26)21(3)4/h5-11,17H,1-4H3,(H,20,22)(H,23,24). The topological polar surface area (TPSA) is 104 Å². The summed E-state index contributed by atoms with van der Waals surface area (Å²) in [5.74, 6) is -1.78. The fourth-order valence-electron chi connectivity index (χ4n) is 2.44. The number of aryl methyl sites for hydroxylation is 2. The van der Waals surface area contributed by atoms with Gasteiger partial charge in [0.05, 0.1) is 4.90 Å². The molecule has 1 amide bonds. The van der Waals surface area contributed by atoms with E-state index in [0.29, 0.717) is 5.56 Å². The van der Waals surface area contributed by atoms with Gasteiger partial charge in [0.2, 0.25) is 10.0 Å². The third-order valence-corrected chi connectivity index (χ3v) is 6.11. The van der Waals surface area contributed by atoms with Gasteiger partial charge in [0, 0.05) is 19.7 Å². The molecule has 2 rings (SSSR count). The Labute approximate surface area is 158 Å². The molecule has 1 unspecified atom stereocenters. The molecule has 0 aliphatic carbocycles. The molecule has 0 aliphatic rings. The fourth-order valence-corrected chi connectivity index (χ4v) is 3.34. The molecule has 2 aromatic carbocycles. The van der Waals surface area contributed by atoms with Crippen LogP contribution in [0, 0.1) is 13.8 Å². The second-order valence-electron chi connectivity index (χ2n) is 6.40. The lowest BCUT2D eigenvalue weighted by molar-refractivity contribution is -0.139. The first-order valence-corrected chi connectivity index (χ1v) is 9.61. The van der Waals surface area contributed by atoms with Gasteiger partial charge in [-0.3, -0.25) is 4.79 Å². The van der Waals surface area contributed by atoms with Crippen LogP contribution in [0.5, 0.6) is 0 Å². The maximum Gasteiger partial charge on any atom is 0.330 e. The first-order chi connectivity index (χ1) is 12.5. The molecule has 2 aromatic rings. The van der Waals surface area contributed by atoms with Crippen molar-refractivity contribution in [2.75, 3.05) is 14.1 Å². The molecule has 0 saturated carbocycles. The smallest absolute Gasteiger partial charge is 0.330 e. The maximum absolute atomic E-state index is 12.4. The third kappa shape index (κ3) is 4.53. The Morgan fingerprint density at radius 1 is 1.00 bits per heavy atom. The lowest BCUT2D eigenvalue weighted by Gasteiger charge is -2.16. The summed E-state index contributed by atoms with van der Waals surface area (Å²) >= 11 is 0. The number of rotatable bonds is 6. The number of nitrogens with one attached hydrogen (secondary N) is 1. The number of amides is 1. The van der Waals surface area contributed by atoms with Crippen LogP contribution in [0.25, 0.3) is 0 Å². The van der Waals surface area contributed by atoms with Crippen LogP contribution in [-0.4, -0.2) is 43.8 Å². The zero-order valence-electron chi connectivity index (χ0n) is 15.6. The van der Waals surface area contributed by atoms with E-state index < -0.39 is 27.9 Å². The minimum absolute atomic E-state index is 0.0491. The highest BCUT2D eigenvalue weighted by molar-refractivity contribution is 7.89. The minimum Gasteiger partial charge on any atom is -0.479 e. The second-order valence-corrected chi connectivity index (χ2v) is 8.55. The third-order valence-electron chi connectivity index (χ3n) is 4.28. The van der Waals surface area contributed by atoms with Gasteiger partial charge in [-0.2, -0.15) is 0 Å². The Balaban J connectivity index is 2.26. The number of sulfonamides is 1. The van der Waals surface area contributed by atoms with E-state index in [1.54, 1.807) is 18.2 Å². The molecule has 8 heteroatoms. The Morgan fingerprint density at radius 2 is 1.59 bits per heavy atom. The van der Waals surface area contributed by atoms with Crippen LogP contribution in [-0.2, 0) is 14.8 Å². The largest absolute Gasteiger partial charge is 0.479 e. The number of benzene rings is 2. The molecule has 0 heterocycles. The normalized spacial score (nSPS) is 12.6. The van der Waals surface area contributed by atoms with Crippen LogP contribution in [0.3, 0.4) is 0 Å². The molecule has 0 aliphatic heterocycles. The van der Waals surface area contributed by atoms with Crippen molar-refractivity contribution in [3.8, 4) is 0 Å². The molecule has 144 valence electrons. The van der Waals surface area contributed by atoms with E-state index in [0.717, 1.165) is 15.4 Å². The SMILES string of the molecule is Cc1ccc(C(NC(=O)c2ccc(S(=O)(=O)N(C)C)cc2)C(=O)O)cc1C. The minimum atomic E-state index is -3.60. The molecule has 7 nitrogen and oxygen atoms in total. The Morgan fingerprint density at radius 3 is 2.07 bits per heavy atom. The van der Waals surface area contributed by atoms with Gasteiger partial charge in [0.1, 0.15) is 0 Å². The Hall–Kier alpha value is -2.71. The van der Waals surface area contributed by atoms with Crippen molar-refractivity contribution in [2.45, 2.75) is 24.8 Å². The van der Waals surface area contributed by atoms with Gasteiger partial charge in [-0.15, -0.1) is 0 Å². The summed E-state index contributed by atoms with van der Waals surface area (Å²) in [7, 11) is -0.773. The average Bonchev–Trinajstić information content (AvgIpc) is 2.61.